The molecule has 6 atom stereocenters. The van der Waals surface area contributed by atoms with E-state index < -0.39 is 21.9 Å². The number of amides is 4. The van der Waals surface area contributed by atoms with Crippen molar-refractivity contribution in [3.05, 3.63) is 92.4 Å². The summed E-state index contributed by atoms with van der Waals surface area (Å²) in [6.07, 6.45) is 6.28. The van der Waals surface area contributed by atoms with E-state index in [1.807, 2.05) is 24.3 Å². The van der Waals surface area contributed by atoms with Gasteiger partial charge in [-0.1, -0.05) is 46.9 Å². The summed E-state index contributed by atoms with van der Waals surface area (Å²) in [5, 5.41) is 15.5. The Labute approximate surface area is 411 Å². The summed E-state index contributed by atoms with van der Waals surface area (Å²) in [6.45, 7) is 13.4. The van der Waals surface area contributed by atoms with Gasteiger partial charge in [-0.25, -0.2) is 36.8 Å². The van der Waals surface area contributed by atoms with E-state index in [0.717, 1.165) is 94.8 Å². The number of rotatable bonds is 14. The Kier molecular flexibility index (Phi) is 17.5. The monoisotopic (exact) mass is 1000 g/mol. The Morgan fingerprint density at radius 2 is 1.15 bits per heavy atom. The predicted octanol–water partition coefficient (Wildman–Crippen LogP) is 7.72. The van der Waals surface area contributed by atoms with Gasteiger partial charge in [-0.05, 0) is 113 Å². The number of ketones is 2. The first-order valence-electron chi connectivity index (χ1n) is 23.4. The van der Waals surface area contributed by atoms with E-state index in [-0.39, 0.29) is 58.4 Å². The number of halogens is 2. The van der Waals surface area contributed by atoms with Gasteiger partial charge in [0.25, 0.3) is 0 Å². The minimum absolute atomic E-state index is 0. The fourth-order valence-electron chi connectivity index (χ4n) is 10.0. The van der Waals surface area contributed by atoms with Gasteiger partial charge in [-0.3, -0.25) is 20.2 Å². The highest BCUT2D eigenvalue weighted by molar-refractivity contribution is 7.91. The first-order chi connectivity index (χ1) is 32.4. The number of urea groups is 2. The summed E-state index contributed by atoms with van der Waals surface area (Å²) in [5.74, 6) is 0.468. The predicted molar refractivity (Wildman–Crippen MR) is 271 cm³/mol. The van der Waals surface area contributed by atoms with Crippen molar-refractivity contribution in [2.24, 2.45) is 23.7 Å². The van der Waals surface area contributed by atoms with Gasteiger partial charge in [0.15, 0.2) is 31.7 Å². The number of benzene rings is 2. The molecule has 8 rings (SSSR count). The fourth-order valence-corrected chi connectivity index (χ4v) is 13.8. The second kappa shape index (κ2) is 23.3. The highest BCUT2D eigenvalue weighted by Gasteiger charge is 2.40. The molecule has 0 unspecified atom stereocenters. The molecule has 2 aromatic heterocycles. The lowest BCUT2D eigenvalue weighted by molar-refractivity contribution is 0.101. The van der Waals surface area contributed by atoms with Gasteiger partial charge in [0.05, 0.1) is 32.6 Å². The summed E-state index contributed by atoms with van der Waals surface area (Å²) in [7, 11) is -3.26. The zero-order valence-electron chi connectivity index (χ0n) is 39.1. The third-order valence-corrected chi connectivity index (χ3v) is 17.3. The standard InChI is InChI=1S/C24H32FN5O2S.C24H31FN4O4S2.4H2/c1-15-22(16(2)31)33-24(27-15)29-23(32)28-21-12-26-11-19(21)14-30-9-3-4-18(13-30)10-17-5-7-20(25)8-6-17;1-15-22(16(2)30)34-24(26-15)28-23(31)27-21-14-35(32,33)13-19(21)12-29-9-3-4-18(11-29)10-17-5-7-20(25)8-6-17;;;;/h5-8,18-19,21,26H,3-4,9-14H2,1-2H3,(H2,27,28,29,32);5-8,18-19,21H,3-4,9-14H2,1-2H3,(H2,26,27,28,31);4*1H/t2*18-,19+,21+;;;;/m00..../s1. The number of thiazole rings is 2. The van der Waals surface area contributed by atoms with E-state index in [4.69, 9.17) is 0 Å². The van der Waals surface area contributed by atoms with Crippen molar-refractivity contribution in [2.75, 3.05) is 74.5 Å². The highest BCUT2D eigenvalue weighted by Crippen LogP contribution is 2.28. The van der Waals surface area contributed by atoms with Crippen LogP contribution in [0.4, 0.5) is 28.6 Å². The number of aryl methyl sites for hydroxylation is 2. The quantitative estimate of drug-likeness (QED) is 0.0777. The fraction of sp³-hybridized carbons (Fsp3) is 0.542. The maximum absolute atomic E-state index is 13.2. The lowest BCUT2D eigenvalue weighted by Gasteiger charge is -2.35. The zero-order chi connectivity index (χ0) is 48.5. The number of likely N-dealkylation sites (tertiary alicyclic amines) is 2. The number of piperidine rings is 2. The van der Waals surface area contributed by atoms with Crippen LogP contribution in [0, 0.1) is 49.2 Å². The number of hydrogen-bond donors (Lipinski definition) is 5. The van der Waals surface area contributed by atoms with Crippen molar-refractivity contribution in [3.8, 4) is 0 Å². The van der Waals surface area contributed by atoms with Gasteiger partial charge in [-0.15, -0.1) is 0 Å². The Morgan fingerprint density at radius 1 is 0.691 bits per heavy atom. The van der Waals surface area contributed by atoms with Crippen molar-refractivity contribution in [2.45, 2.75) is 78.3 Å². The van der Waals surface area contributed by atoms with Crippen LogP contribution in [0.15, 0.2) is 48.5 Å². The number of Topliss-reactive ketones (excluding diaryl/α,β-unsaturated/α-hetero) is 2. The van der Waals surface area contributed by atoms with Crippen LogP contribution in [-0.4, -0.2) is 128 Å². The van der Waals surface area contributed by atoms with E-state index in [9.17, 15) is 36.4 Å². The van der Waals surface area contributed by atoms with E-state index >= 15 is 0 Å². The van der Waals surface area contributed by atoms with E-state index in [1.165, 1.54) is 61.4 Å². The molecule has 20 heteroatoms. The number of nitrogens with zero attached hydrogens (tertiary/aromatic N) is 4. The number of carbonyl (C=O) groups excluding carboxylic acids is 4. The maximum Gasteiger partial charge on any atom is 0.321 e. The third kappa shape index (κ3) is 14.6. The van der Waals surface area contributed by atoms with Gasteiger partial charge in [0.1, 0.15) is 11.6 Å². The SMILES string of the molecule is CC(=O)c1sc(NC(=O)N[C@@H]2CNC[C@@H]2CN2CCC[C@@H](Cc3ccc(F)cc3)C2)nc1C.CC(=O)c1sc(NC(=O)N[C@@H]2CS(=O)(=O)C[C@H]2CN2CCC[C@@H](Cc3ccc(F)cc3)C2)nc1C.[HH].[HH].[HH].[HH]. The van der Waals surface area contributed by atoms with Gasteiger partial charge >= 0.3 is 12.1 Å². The van der Waals surface area contributed by atoms with Crippen LogP contribution in [0.1, 0.15) is 87.1 Å². The molecule has 15 nitrogen and oxygen atoms in total. The third-order valence-electron chi connectivity index (χ3n) is 13.2. The largest absolute Gasteiger partial charge is 0.334 e. The Hall–Kier alpha value is -4.73. The summed E-state index contributed by atoms with van der Waals surface area (Å²) in [4.78, 5) is 62.8. The Morgan fingerprint density at radius 3 is 1.60 bits per heavy atom. The smallest absolute Gasteiger partial charge is 0.321 e. The van der Waals surface area contributed by atoms with Gasteiger partial charge < -0.3 is 25.8 Å². The van der Waals surface area contributed by atoms with Crippen LogP contribution in [-0.2, 0) is 22.7 Å². The summed E-state index contributed by atoms with van der Waals surface area (Å²) in [5.41, 5.74) is 3.48. The van der Waals surface area contributed by atoms with Crippen molar-refractivity contribution < 1.29 is 42.1 Å². The van der Waals surface area contributed by atoms with Gasteiger partial charge in [0.2, 0.25) is 0 Å². The van der Waals surface area contributed by atoms with Crippen molar-refractivity contribution in [3.63, 3.8) is 0 Å². The molecule has 4 amide bonds. The molecule has 6 heterocycles. The number of carbonyl (C=O) groups is 4. The van der Waals surface area contributed by atoms with Crippen LogP contribution in [0.25, 0.3) is 0 Å². The molecular weight excluding hydrogens is 933 g/mol. The molecule has 4 aliphatic rings. The average molecular weight is 1000 g/mol. The van der Waals surface area contributed by atoms with Crippen molar-refractivity contribution in [1.29, 1.82) is 0 Å². The molecule has 376 valence electrons. The normalized spacial score (nSPS) is 23.9. The molecule has 4 saturated heterocycles. The Balaban J connectivity index is 0.000000361. The van der Waals surface area contributed by atoms with Crippen LogP contribution >= 0.6 is 22.7 Å². The molecule has 0 aliphatic carbocycles. The number of aromatic nitrogens is 2. The first kappa shape index (κ1) is 51.1. The second-order valence-corrected chi connectivity index (χ2v) is 23.0. The molecule has 0 saturated carbocycles. The van der Waals surface area contributed by atoms with E-state index in [1.54, 1.807) is 13.8 Å². The van der Waals surface area contributed by atoms with Crippen LogP contribution in [0.3, 0.4) is 0 Å². The average Bonchev–Trinajstić information content (AvgIpc) is 4.05. The molecule has 2 aromatic carbocycles. The minimum Gasteiger partial charge on any atom is -0.334 e. The summed E-state index contributed by atoms with van der Waals surface area (Å²) < 4.78 is 51.2. The van der Waals surface area contributed by atoms with Crippen LogP contribution in [0.2, 0.25) is 0 Å². The highest BCUT2D eigenvalue weighted by atomic mass is 32.2. The van der Waals surface area contributed by atoms with Crippen molar-refractivity contribution >= 4 is 66.4 Å². The number of hydrogen-bond acceptors (Lipinski definition) is 13. The molecule has 5 N–H and O–H groups in total. The molecule has 4 aliphatic heterocycles. The number of sulfone groups is 1. The molecule has 0 spiro atoms. The topological polar surface area (TPSA) is 195 Å². The maximum atomic E-state index is 13.2. The number of anilines is 2. The second-order valence-electron chi connectivity index (χ2n) is 18.8. The zero-order valence-corrected chi connectivity index (χ0v) is 41.6. The molecule has 0 radical (unpaired) electrons. The lowest BCUT2D eigenvalue weighted by atomic mass is 9.90. The van der Waals surface area contributed by atoms with Gasteiger partial charge in [0, 0.05) is 82.7 Å². The molecule has 4 aromatic rings. The van der Waals surface area contributed by atoms with Crippen molar-refractivity contribution in [1.82, 2.24) is 35.7 Å². The summed E-state index contributed by atoms with van der Waals surface area (Å²) in [6, 6.07) is 12.2. The minimum atomic E-state index is -3.26. The van der Waals surface area contributed by atoms with Crippen LogP contribution < -0.4 is 26.6 Å². The number of nitrogens with one attached hydrogen (secondary N) is 5. The van der Waals surface area contributed by atoms with Gasteiger partial charge in [-0.2, -0.15) is 0 Å². The molecular formula is C48H71F2N9O6S3. The van der Waals surface area contributed by atoms with E-state index in [2.05, 4.69) is 46.4 Å². The molecule has 68 heavy (non-hydrogen) atoms. The van der Waals surface area contributed by atoms with E-state index in [0.29, 0.717) is 55.7 Å². The first-order valence-corrected chi connectivity index (χ1v) is 26.9. The molecule has 0 bridgehead atoms. The Bertz CT molecular complexity index is 2530. The van der Waals surface area contributed by atoms with Crippen LogP contribution in [0.5, 0.6) is 0 Å². The lowest BCUT2D eigenvalue weighted by Crippen LogP contribution is -2.47. The molecule has 4 fully saturated rings. The summed E-state index contributed by atoms with van der Waals surface area (Å²) >= 11 is 2.31.